The number of carboxylic acid groups (broad SMARTS) is 1. The molecule has 0 bridgehead atoms. The predicted molar refractivity (Wildman–Crippen MR) is 214 cm³/mol. The molecule has 2 atom stereocenters. The Morgan fingerprint density at radius 3 is 1.63 bits per heavy atom. The monoisotopic (exact) mass is 804 g/mol. The molecule has 6 aromatic heterocycles. The number of carboxylic acids is 1. The van der Waals surface area contributed by atoms with Crippen LogP contribution < -0.4 is 14.8 Å². The normalized spacial score (nSPS) is 18.6. The van der Waals surface area contributed by atoms with Gasteiger partial charge in [-0.05, 0) is 66.3 Å². The van der Waals surface area contributed by atoms with Crippen molar-refractivity contribution >= 4 is 34.2 Å². The van der Waals surface area contributed by atoms with Gasteiger partial charge in [-0.3, -0.25) is 9.59 Å². The molecule has 19 nitrogen and oxygen atoms in total. The van der Waals surface area contributed by atoms with Gasteiger partial charge in [0.1, 0.15) is 48.2 Å². The molecule has 2 saturated carbocycles. The van der Waals surface area contributed by atoms with Crippen LogP contribution in [0.5, 0.6) is 11.8 Å². The minimum absolute atomic E-state index is 0.0185. The van der Waals surface area contributed by atoms with Gasteiger partial charge in [-0.2, -0.15) is 9.97 Å². The lowest BCUT2D eigenvalue weighted by molar-refractivity contribution is -0.138. The first-order valence-corrected chi connectivity index (χ1v) is 20.3. The van der Waals surface area contributed by atoms with Crippen LogP contribution in [0.4, 0.5) is 0 Å². The van der Waals surface area contributed by atoms with E-state index in [0.29, 0.717) is 41.7 Å². The lowest BCUT2D eigenvalue weighted by atomic mass is 10.3. The zero-order valence-corrected chi connectivity index (χ0v) is 33.7. The van der Waals surface area contributed by atoms with Crippen molar-refractivity contribution in [2.45, 2.75) is 91.5 Å². The molecule has 1 unspecified atom stereocenters. The third kappa shape index (κ3) is 8.94. The standard InChI is InChI=1S/C20H23N7O2.C16H19N7O.C4H6O2/c1-3-27-17(14-8-21-12(2)22-9-14)25-16-18(27)23-11-24-19(16)29-15-6-7-26(10-15)20(28)13-4-5-13;1-3-23-14(11-6-18-10(2)19-7-11)22-13-15(23)20-9-21-16(13)24-12-4-5-17-8-12;5-4(6)3-1-2-3/h8-9,11,13,15H,3-7,10H2,1-2H3;6-7,9,12,17H,3-5,8H2,1-2H3;3H,1-2H2,(H,5,6)/t15-;;/m0../s1. The van der Waals surface area contributed by atoms with Crippen LogP contribution in [0.1, 0.15) is 64.0 Å². The van der Waals surface area contributed by atoms with Gasteiger partial charge in [0.15, 0.2) is 22.3 Å². The Morgan fingerprint density at radius 2 is 1.20 bits per heavy atom. The fourth-order valence-corrected chi connectivity index (χ4v) is 7.05. The van der Waals surface area contributed by atoms with Crippen molar-refractivity contribution in [2.75, 3.05) is 26.2 Å². The van der Waals surface area contributed by atoms with E-state index < -0.39 is 5.97 Å². The molecule has 10 rings (SSSR count). The minimum Gasteiger partial charge on any atom is -0.481 e. The molecule has 1 amide bonds. The van der Waals surface area contributed by atoms with Crippen molar-refractivity contribution in [3.63, 3.8) is 0 Å². The predicted octanol–water partition coefficient (Wildman–Crippen LogP) is 3.83. The third-order valence-corrected chi connectivity index (χ3v) is 10.6. The van der Waals surface area contributed by atoms with E-state index in [0.717, 1.165) is 105 Å². The Morgan fingerprint density at radius 1 is 0.695 bits per heavy atom. The number of aromatic nitrogens is 12. The number of nitrogens with zero attached hydrogens (tertiary/aromatic N) is 13. The van der Waals surface area contributed by atoms with Crippen LogP contribution in [0.2, 0.25) is 0 Å². The summed E-state index contributed by atoms with van der Waals surface area (Å²) in [5.41, 5.74) is 4.47. The SMILES string of the molecule is CCn1c(-c2cnc(C)nc2)nc2c(OC3CCNC3)ncnc21.CCn1c(-c2cnc(C)nc2)nc2c(O[C@H]3CCN(C(=O)C4CC4)C3)ncnc21.O=C(O)C1CC1. The van der Waals surface area contributed by atoms with Gasteiger partial charge in [-0.25, -0.2) is 39.9 Å². The van der Waals surface area contributed by atoms with E-state index in [1.165, 1.54) is 12.7 Å². The lowest BCUT2D eigenvalue weighted by Gasteiger charge is -2.16. The molecule has 2 saturated heterocycles. The highest BCUT2D eigenvalue weighted by atomic mass is 16.5. The molecule has 0 spiro atoms. The summed E-state index contributed by atoms with van der Waals surface area (Å²) >= 11 is 0. The molecule has 2 aliphatic heterocycles. The molecule has 6 aromatic rings. The van der Waals surface area contributed by atoms with Gasteiger partial charge in [0.05, 0.1) is 23.6 Å². The number of hydrogen-bond donors (Lipinski definition) is 2. The largest absolute Gasteiger partial charge is 0.481 e. The molecule has 308 valence electrons. The van der Waals surface area contributed by atoms with E-state index >= 15 is 0 Å². The summed E-state index contributed by atoms with van der Waals surface area (Å²) in [5.74, 6) is 3.85. The lowest BCUT2D eigenvalue weighted by Crippen LogP contribution is -2.32. The number of aryl methyl sites for hydroxylation is 4. The second-order valence-corrected chi connectivity index (χ2v) is 15.0. The average Bonchev–Trinajstić information content (AvgIpc) is 4.09. The Balaban J connectivity index is 0.000000146. The Hall–Kier alpha value is -6.24. The minimum atomic E-state index is -0.630. The molecule has 19 heteroatoms. The maximum absolute atomic E-state index is 12.3. The number of aliphatic carboxylic acids is 1. The van der Waals surface area contributed by atoms with Crippen LogP contribution >= 0.6 is 0 Å². The zero-order valence-electron chi connectivity index (χ0n) is 33.7. The van der Waals surface area contributed by atoms with Crippen molar-refractivity contribution in [1.29, 1.82) is 0 Å². The maximum atomic E-state index is 12.3. The van der Waals surface area contributed by atoms with Gasteiger partial charge in [0, 0.05) is 63.3 Å². The number of carbonyl (C=O) groups excluding carboxylic acids is 1. The average molecular weight is 805 g/mol. The molecule has 4 aliphatic rings. The van der Waals surface area contributed by atoms with Gasteiger partial charge in [-0.15, -0.1) is 0 Å². The summed E-state index contributed by atoms with van der Waals surface area (Å²) in [5, 5.41) is 11.3. The number of carbonyl (C=O) groups is 2. The van der Waals surface area contributed by atoms with Crippen molar-refractivity contribution in [3.8, 4) is 34.5 Å². The van der Waals surface area contributed by atoms with Crippen LogP contribution in [0.15, 0.2) is 37.4 Å². The summed E-state index contributed by atoms with van der Waals surface area (Å²) in [7, 11) is 0. The highest BCUT2D eigenvalue weighted by molar-refractivity contribution is 5.83. The van der Waals surface area contributed by atoms with Crippen LogP contribution in [0.3, 0.4) is 0 Å². The van der Waals surface area contributed by atoms with Gasteiger partial charge in [-0.1, -0.05) is 0 Å². The second kappa shape index (κ2) is 17.3. The van der Waals surface area contributed by atoms with Gasteiger partial charge >= 0.3 is 5.97 Å². The molecular weight excluding hydrogens is 757 g/mol. The van der Waals surface area contributed by atoms with E-state index in [1.807, 2.05) is 34.8 Å². The summed E-state index contributed by atoms with van der Waals surface area (Å²) in [6.07, 6.45) is 15.8. The second-order valence-electron chi connectivity index (χ2n) is 15.0. The number of nitrogens with one attached hydrogen (secondary N) is 1. The molecule has 0 aromatic carbocycles. The number of imidazole rings is 2. The summed E-state index contributed by atoms with van der Waals surface area (Å²) in [6, 6.07) is 0. The molecular formula is C40H48N14O5. The van der Waals surface area contributed by atoms with Gasteiger partial charge < -0.3 is 33.9 Å². The number of fused-ring (bicyclic) bond motifs is 2. The van der Waals surface area contributed by atoms with Crippen LogP contribution in [-0.4, -0.2) is 119 Å². The Kier molecular flexibility index (Phi) is 11.6. The van der Waals surface area contributed by atoms with Crippen molar-refractivity contribution in [3.05, 3.63) is 49.1 Å². The molecule has 0 radical (unpaired) electrons. The molecule has 2 N–H and O–H groups in total. The molecule has 4 fully saturated rings. The highest BCUT2D eigenvalue weighted by Crippen LogP contribution is 2.34. The number of likely N-dealkylation sites (tertiary alicyclic amines) is 1. The number of amides is 1. The number of ether oxygens (including phenoxy) is 2. The van der Waals surface area contributed by atoms with E-state index in [9.17, 15) is 9.59 Å². The quantitative estimate of drug-likeness (QED) is 0.201. The number of hydrogen-bond acceptors (Lipinski definition) is 15. The van der Waals surface area contributed by atoms with Crippen molar-refractivity contribution < 1.29 is 24.2 Å². The first kappa shape index (κ1) is 39.6. The third-order valence-electron chi connectivity index (χ3n) is 10.6. The van der Waals surface area contributed by atoms with Crippen LogP contribution in [0.25, 0.3) is 45.1 Å². The van der Waals surface area contributed by atoms with Crippen LogP contribution in [-0.2, 0) is 22.7 Å². The fourth-order valence-electron chi connectivity index (χ4n) is 7.05. The molecule has 59 heavy (non-hydrogen) atoms. The van der Waals surface area contributed by atoms with E-state index in [4.69, 9.17) is 24.5 Å². The first-order valence-electron chi connectivity index (χ1n) is 20.3. The maximum Gasteiger partial charge on any atom is 0.306 e. The zero-order chi connectivity index (χ0) is 41.0. The topological polar surface area (TPSA) is 227 Å². The van der Waals surface area contributed by atoms with Crippen molar-refractivity contribution in [1.82, 2.24) is 69.2 Å². The molecule has 8 heterocycles. The van der Waals surface area contributed by atoms with E-state index in [2.05, 4.69) is 52.1 Å². The highest BCUT2D eigenvalue weighted by Gasteiger charge is 2.37. The Labute approximate surface area is 340 Å². The summed E-state index contributed by atoms with van der Waals surface area (Å²) in [4.78, 5) is 68.1. The Bertz CT molecular complexity index is 2420. The smallest absolute Gasteiger partial charge is 0.306 e. The molecule has 2 aliphatic carbocycles. The first-order chi connectivity index (χ1) is 28.7. The number of rotatable bonds is 10. The van der Waals surface area contributed by atoms with Crippen molar-refractivity contribution in [2.24, 2.45) is 11.8 Å². The summed E-state index contributed by atoms with van der Waals surface area (Å²) < 4.78 is 16.3. The van der Waals surface area contributed by atoms with E-state index in [-0.39, 0.29) is 30.0 Å². The van der Waals surface area contributed by atoms with Gasteiger partial charge in [0.25, 0.3) is 0 Å². The fraction of sp³-hybridized carbons (Fsp3) is 0.500. The van der Waals surface area contributed by atoms with E-state index in [1.54, 1.807) is 24.8 Å². The van der Waals surface area contributed by atoms with Crippen LogP contribution in [0, 0.1) is 25.7 Å². The summed E-state index contributed by atoms with van der Waals surface area (Å²) in [6.45, 7) is 12.4. The van der Waals surface area contributed by atoms with Gasteiger partial charge in [0.2, 0.25) is 17.7 Å².